The first-order valence-corrected chi connectivity index (χ1v) is 12.2. The van der Waals surface area contributed by atoms with E-state index in [9.17, 15) is 27.2 Å². The quantitative estimate of drug-likeness (QED) is 0.564. The van der Waals surface area contributed by atoms with Gasteiger partial charge in [-0.15, -0.1) is 0 Å². The van der Waals surface area contributed by atoms with Crippen LogP contribution in [0.2, 0.25) is 0 Å². The maximum Gasteiger partial charge on any atom is 0.419 e. The van der Waals surface area contributed by atoms with Gasteiger partial charge in [0.1, 0.15) is 11.7 Å². The molecule has 0 bridgehead atoms. The lowest BCUT2D eigenvalue weighted by atomic mass is 9.88. The van der Waals surface area contributed by atoms with Crippen LogP contribution in [0.4, 0.5) is 17.6 Å². The summed E-state index contributed by atoms with van der Waals surface area (Å²) in [6.45, 7) is 5.50. The van der Waals surface area contributed by atoms with E-state index in [2.05, 4.69) is 16.4 Å². The number of carbonyl (C=O) groups is 2. The van der Waals surface area contributed by atoms with Crippen LogP contribution in [0.15, 0.2) is 58.3 Å². The zero-order valence-corrected chi connectivity index (χ0v) is 21.2. The lowest BCUT2D eigenvalue weighted by Gasteiger charge is -2.32. The van der Waals surface area contributed by atoms with Crippen LogP contribution in [0.5, 0.6) is 0 Å². The second-order valence-electron chi connectivity index (χ2n) is 9.79. The van der Waals surface area contributed by atoms with Crippen LogP contribution in [0.25, 0.3) is 0 Å². The maximum absolute atomic E-state index is 14.7. The summed E-state index contributed by atoms with van der Waals surface area (Å²) >= 11 is 0. The minimum Gasteiger partial charge on any atom is -0.345 e. The summed E-state index contributed by atoms with van der Waals surface area (Å²) in [5.41, 5.74) is 0.565. The third-order valence-electron chi connectivity index (χ3n) is 7.10. The third kappa shape index (κ3) is 5.47. The zero-order valence-electron chi connectivity index (χ0n) is 21.2. The summed E-state index contributed by atoms with van der Waals surface area (Å²) in [6.07, 6.45) is 3.14. The molecule has 1 aromatic carbocycles. The van der Waals surface area contributed by atoms with E-state index >= 15 is 0 Å². The number of alkyl halides is 3. The summed E-state index contributed by atoms with van der Waals surface area (Å²) in [4.78, 5) is 33.3. The molecule has 0 saturated heterocycles. The van der Waals surface area contributed by atoms with Gasteiger partial charge < -0.3 is 15.1 Å². The Hall–Kier alpha value is -3.43. The lowest BCUT2D eigenvalue weighted by Crippen LogP contribution is -2.38. The topological polar surface area (TPSA) is 65.0 Å². The van der Waals surface area contributed by atoms with Gasteiger partial charge in [0.25, 0.3) is 5.91 Å². The Balaban J connectivity index is 1.58. The van der Waals surface area contributed by atoms with E-state index in [-0.39, 0.29) is 29.1 Å². The Bertz CT molecular complexity index is 1230. The molecule has 1 aliphatic carbocycles. The first-order chi connectivity index (χ1) is 17.4. The first-order valence-electron chi connectivity index (χ1n) is 12.2. The second kappa shape index (κ2) is 10.1. The number of hydrogen-bond acceptors (Lipinski definition) is 4. The fourth-order valence-corrected chi connectivity index (χ4v) is 4.95. The van der Waals surface area contributed by atoms with Crippen molar-refractivity contribution in [3.05, 3.63) is 70.2 Å². The van der Waals surface area contributed by atoms with Gasteiger partial charge in [-0.3, -0.25) is 14.6 Å². The number of benzene rings is 1. The molecule has 3 aliphatic rings. The predicted molar refractivity (Wildman–Crippen MR) is 132 cm³/mol. The number of rotatable bonds is 5. The molecular formula is C27H30F4N4O2. The highest BCUT2D eigenvalue weighted by molar-refractivity contribution is 6.22. The molecule has 6 nitrogen and oxygen atoms in total. The standard InChI is InChI=1S/C27H30F4N4O2/c1-15-13-35-14-19(18-8-10-20(11-9-18)34(4)17(3)36)12-22(25(35)32-15)26(37)33-16(2)21-6-5-7-23(24(21)28)27(29,30)31/h5-8,12,14-16,20H,9-11,13H2,1-4H3,(H,33,37)/t15-,16-,20?/m1/s1. The fraction of sp³-hybridized carbons (Fsp3) is 0.444. The molecular weight excluding hydrogens is 488 g/mol. The molecule has 2 aliphatic heterocycles. The largest absolute Gasteiger partial charge is 0.419 e. The van der Waals surface area contributed by atoms with Crippen molar-refractivity contribution >= 4 is 17.6 Å². The highest BCUT2D eigenvalue weighted by Gasteiger charge is 2.36. The van der Waals surface area contributed by atoms with E-state index in [1.807, 2.05) is 18.0 Å². The van der Waals surface area contributed by atoms with Crippen LogP contribution in [0.1, 0.15) is 57.2 Å². The normalized spacial score (nSPS) is 22.3. The van der Waals surface area contributed by atoms with Gasteiger partial charge in [0.05, 0.1) is 23.2 Å². The van der Waals surface area contributed by atoms with E-state index in [4.69, 9.17) is 0 Å². The number of halogens is 4. The number of aliphatic imine (C=N–C) groups is 1. The zero-order chi connectivity index (χ0) is 27.1. The van der Waals surface area contributed by atoms with Crippen molar-refractivity contribution in [3.8, 4) is 0 Å². The molecule has 0 radical (unpaired) electrons. The Labute approximate surface area is 213 Å². The maximum atomic E-state index is 14.7. The van der Waals surface area contributed by atoms with Crippen molar-refractivity contribution in [3.63, 3.8) is 0 Å². The Morgan fingerprint density at radius 2 is 2.00 bits per heavy atom. The number of carbonyl (C=O) groups excluding carboxylic acids is 2. The molecule has 1 N–H and O–H groups in total. The van der Waals surface area contributed by atoms with Crippen LogP contribution in [-0.2, 0) is 15.8 Å². The van der Waals surface area contributed by atoms with Crippen molar-refractivity contribution < 1.29 is 27.2 Å². The summed E-state index contributed by atoms with van der Waals surface area (Å²) < 4.78 is 54.2. The molecule has 0 aromatic heterocycles. The van der Waals surface area contributed by atoms with E-state index in [0.717, 1.165) is 30.1 Å². The molecule has 1 unspecified atom stereocenters. The summed E-state index contributed by atoms with van der Waals surface area (Å²) in [7, 11) is 1.79. The first kappa shape index (κ1) is 26.6. The summed E-state index contributed by atoms with van der Waals surface area (Å²) in [5, 5.41) is 2.66. The van der Waals surface area contributed by atoms with Crippen LogP contribution < -0.4 is 5.32 Å². The molecule has 2 amide bonds. The minimum absolute atomic E-state index is 0.0100. The Morgan fingerprint density at radius 3 is 2.62 bits per heavy atom. The average molecular weight is 519 g/mol. The molecule has 1 aromatic rings. The molecule has 0 saturated carbocycles. The van der Waals surface area contributed by atoms with Gasteiger partial charge >= 0.3 is 6.18 Å². The van der Waals surface area contributed by atoms with Crippen molar-refractivity contribution in [1.29, 1.82) is 0 Å². The lowest BCUT2D eigenvalue weighted by molar-refractivity contribution is -0.140. The number of nitrogens with zero attached hydrogens (tertiary/aromatic N) is 3. The molecule has 0 fully saturated rings. The molecule has 4 rings (SSSR count). The number of amides is 2. The SMILES string of the molecule is CC(=O)N(C)C1CC=C(C2=CN3C[C@@H](C)N=C3C(C(=O)N[C@H](C)c3cccc(C(F)(F)F)c3F)=C2)CC1. The number of hydrogen-bond donors (Lipinski definition) is 1. The molecule has 37 heavy (non-hydrogen) atoms. The number of fused-ring (bicyclic) bond motifs is 1. The number of allylic oxidation sites excluding steroid dienone is 3. The fourth-order valence-electron chi connectivity index (χ4n) is 4.95. The van der Waals surface area contributed by atoms with E-state index in [1.54, 1.807) is 18.0 Å². The monoisotopic (exact) mass is 518 g/mol. The van der Waals surface area contributed by atoms with Gasteiger partial charge in [0, 0.05) is 38.3 Å². The smallest absolute Gasteiger partial charge is 0.345 e. The number of amidine groups is 1. The van der Waals surface area contributed by atoms with Gasteiger partial charge in [-0.25, -0.2) is 4.39 Å². The Morgan fingerprint density at radius 1 is 1.27 bits per heavy atom. The van der Waals surface area contributed by atoms with Crippen molar-refractivity contribution in [1.82, 2.24) is 15.1 Å². The molecule has 0 spiro atoms. The molecule has 198 valence electrons. The van der Waals surface area contributed by atoms with Crippen molar-refractivity contribution in [2.45, 2.75) is 64.3 Å². The predicted octanol–water partition coefficient (Wildman–Crippen LogP) is 4.91. The molecule has 3 atom stereocenters. The average Bonchev–Trinajstić information content (AvgIpc) is 3.22. The second-order valence-corrected chi connectivity index (χ2v) is 9.79. The molecule has 10 heteroatoms. The summed E-state index contributed by atoms with van der Waals surface area (Å²) in [6, 6.07) is 2.10. The minimum atomic E-state index is -4.84. The van der Waals surface area contributed by atoms with E-state index in [0.29, 0.717) is 24.9 Å². The highest BCUT2D eigenvalue weighted by atomic mass is 19.4. The van der Waals surface area contributed by atoms with Crippen molar-refractivity contribution in [2.24, 2.45) is 4.99 Å². The van der Waals surface area contributed by atoms with Gasteiger partial charge in [-0.2, -0.15) is 13.2 Å². The van der Waals surface area contributed by atoms with Gasteiger partial charge in [0.2, 0.25) is 5.91 Å². The van der Waals surface area contributed by atoms with Crippen LogP contribution in [0, 0.1) is 5.82 Å². The van der Waals surface area contributed by atoms with Crippen LogP contribution in [-0.4, -0.2) is 53.1 Å². The molecule has 2 heterocycles. The van der Waals surface area contributed by atoms with E-state index in [1.165, 1.54) is 19.9 Å². The number of nitrogens with one attached hydrogen (secondary N) is 1. The van der Waals surface area contributed by atoms with Gasteiger partial charge in [-0.05, 0) is 56.4 Å². The van der Waals surface area contributed by atoms with Gasteiger partial charge in [0.15, 0.2) is 0 Å². The van der Waals surface area contributed by atoms with Crippen molar-refractivity contribution in [2.75, 3.05) is 13.6 Å². The van der Waals surface area contributed by atoms with E-state index < -0.39 is 29.5 Å². The van der Waals surface area contributed by atoms with Crippen LogP contribution >= 0.6 is 0 Å². The van der Waals surface area contributed by atoms with Crippen LogP contribution in [0.3, 0.4) is 0 Å². The highest BCUT2D eigenvalue weighted by Crippen LogP contribution is 2.35. The third-order valence-corrected chi connectivity index (χ3v) is 7.10. The Kier molecular flexibility index (Phi) is 7.30. The van der Waals surface area contributed by atoms with Gasteiger partial charge in [-0.1, -0.05) is 18.2 Å². The summed E-state index contributed by atoms with van der Waals surface area (Å²) in [5.74, 6) is -1.45.